The van der Waals surface area contributed by atoms with Crippen molar-refractivity contribution in [3.05, 3.63) is 46.2 Å². The number of fused-ring (bicyclic) bond motifs is 1. The third kappa shape index (κ3) is 4.77. The highest BCUT2D eigenvalue weighted by atomic mass is 32.2. The molecule has 1 unspecified atom stereocenters. The van der Waals surface area contributed by atoms with Crippen molar-refractivity contribution in [3.8, 4) is 0 Å². The highest BCUT2D eigenvalue weighted by molar-refractivity contribution is 7.89. The smallest absolute Gasteiger partial charge is 0.243 e. The minimum absolute atomic E-state index is 0.0181. The van der Waals surface area contributed by atoms with Crippen LogP contribution in [0.1, 0.15) is 38.1 Å². The first kappa shape index (κ1) is 22.9. The number of carbonyl (C=O) groups is 1. The molecule has 0 fully saturated rings. The molecular weight excluding hydrogens is 418 g/mol. The van der Waals surface area contributed by atoms with Crippen molar-refractivity contribution < 1.29 is 13.2 Å². The fourth-order valence-corrected chi connectivity index (χ4v) is 6.31. The third-order valence-corrected chi connectivity index (χ3v) is 8.42. The van der Waals surface area contributed by atoms with E-state index in [0.717, 1.165) is 29.2 Å². The standard InChI is InChI=1S/C22H31N3O3S2/c1-5-23(6-2)11-12-24(16-20-8-7-13-29-20)30(27,28)21-9-10-22-19(15-21)14-17(3)25(22)18(4)26/h7-10,13,15,17H,5-6,11-12,14,16H2,1-4H3. The first-order chi connectivity index (χ1) is 14.3. The van der Waals surface area contributed by atoms with E-state index in [-0.39, 0.29) is 11.9 Å². The predicted molar refractivity (Wildman–Crippen MR) is 122 cm³/mol. The van der Waals surface area contributed by atoms with E-state index in [1.54, 1.807) is 45.7 Å². The Labute approximate surface area is 184 Å². The molecule has 0 saturated heterocycles. The Balaban J connectivity index is 1.90. The van der Waals surface area contributed by atoms with Crippen LogP contribution in [0.5, 0.6) is 0 Å². The van der Waals surface area contributed by atoms with Crippen molar-refractivity contribution in [3.63, 3.8) is 0 Å². The highest BCUT2D eigenvalue weighted by Crippen LogP contribution is 2.34. The molecule has 8 heteroatoms. The van der Waals surface area contributed by atoms with Crippen LogP contribution in [-0.2, 0) is 27.8 Å². The van der Waals surface area contributed by atoms with Gasteiger partial charge in [-0.1, -0.05) is 19.9 Å². The first-order valence-electron chi connectivity index (χ1n) is 10.5. The number of hydrogen-bond acceptors (Lipinski definition) is 5. The summed E-state index contributed by atoms with van der Waals surface area (Å²) in [4.78, 5) is 17.3. The number of sulfonamides is 1. The zero-order valence-corrected chi connectivity index (χ0v) is 19.8. The van der Waals surface area contributed by atoms with E-state index in [1.807, 2.05) is 24.4 Å². The van der Waals surface area contributed by atoms with Crippen molar-refractivity contribution >= 4 is 33.0 Å². The van der Waals surface area contributed by atoms with Gasteiger partial charge in [0.25, 0.3) is 0 Å². The van der Waals surface area contributed by atoms with Crippen LogP contribution < -0.4 is 4.90 Å². The van der Waals surface area contributed by atoms with E-state index in [2.05, 4.69) is 18.7 Å². The molecule has 0 spiro atoms. The molecule has 2 heterocycles. The Hall–Kier alpha value is -1.74. The summed E-state index contributed by atoms with van der Waals surface area (Å²) in [6.45, 7) is 11.0. The molecule has 30 heavy (non-hydrogen) atoms. The molecule has 1 amide bonds. The van der Waals surface area contributed by atoms with Crippen molar-refractivity contribution in [2.24, 2.45) is 0 Å². The summed E-state index contributed by atoms with van der Waals surface area (Å²) in [5.41, 5.74) is 1.74. The van der Waals surface area contributed by atoms with Crippen LogP contribution in [0.2, 0.25) is 0 Å². The topological polar surface area (TPSA) is 60.9 Å². The van der Waals surface area contributed by atoms with Crippen molar-refractivity contribution in [1.29, 1.82) is 0 Å². The molecule has 6 nitrogen and oxygen atoms in total. The molecule has 1 aromatic heterocycles. The van der Waals surface area contributed by atoms with Crippen molar-refractivity contribution in [2.75, 3.05) is 31.1 Å². The lowest BCUT2D eigenvalue weighted by molar-refractivity contribution is -0.116. The van der Waals surface area contributed by atoms with E-state index >= 15 is 0 Å². The number of hydrogen-bond donors (Lipinski definition) is 0. The number of likely N-dealkylation sites (N-methyl/N-ethyl adjacent to an activating group) is 1. The molecule has 2 aromatic rings. The molecule has 1 aliphatic heterocycles. The number of nitrogens with zero attached hydrogens (tertiary/aromatic N) is 3. The van der Waals surface area contributed by atoms with Gasteiger partial charge in [0.05, 0.1) is 4.90 Å². The summed E-state index contributed by atoms with van der Waals surface area (Å²) in [5.74, 6) is -0.0181. The third-order valence-electron chi connectivity index (χ3n) is 5.72. The molecule has 0 saturated carbocycles. The number of carbonyl (C=O) groups excluding carboxylic acids is 1. The number of benzene rings is 1. The van der Waals surface area contributed by atoms with Gasteiger partial charge in [0.2, 0.25) is 15.9 Å². The average Bonchev–Trinajstić information content (AvgIpc) is 3.33. The van der Waals surface area contributed by atoms with E-state index in [4.69, 9.17) is 0 Å². The Kier molecular flexibility index (Phi) is 7.34. The van der Waals surface area contributed by atoms with Crippen LogP contribution in [0.3, 0.4) is 0 Å². The van der Waals surface area contributed by atoms with Crippen molar-refractivity contribution in [2.45, 2.75) is 51.6 Å². The SMILES string of the molecule is CCN(CC)CCN(Cc1cccs1)S(=O)(=O)c1ccc2c(c1)CC(C)N2C(C)=O. The maximum Gasteiger partial charge on any atom is 0.243 e. The van der Waals surface area contributed by atoms with Crippen LogP contribution in [0.15, 0.2) is 40.6 Å². The molecule has 0 aliphatic carbocycles. The molecule has 1 aliphatic rings. The van der Waals surface area contributed by atoms with Gasteiger partial charge in [-0.25, -0.2) is 8.42 Å². The highest BCUT2D eigenvalue weighted by Gasteiger charge is 2.32. The quantitative estimate of drug-likeness (QED) is 0.587. The molecule has 0 N–H and O–H groups in total. The van der Waals surface area contributed by atoms with Crippen molar-refractivity contribution in [1.82, 2.24) is 9.21 Å². The Bertz CT molecular complexity index is 970. The molecule has 3 rings (SSSR count). The summed E-state index contributed by atoms with van der Waals surface area (Å²) in [6, 6.07) is 9.13. The molecular formula is C22H31N3O3S2. The molecule has 1 atom stereocenters. The molecule has 0 radical (unpaired) electrons. The van der Waals surface area contributed by atoms with Gasteiger partial charge in [0, 0.05) is 43.2 Å². The maximum absolute atomic E-state index is 13.6. The van der Waals surface area contributed by atoms with Gasteiger partial charge in [-0.2, -0.15) is 4.31 Å². The van der Waals surface area contributed by atoms with Crippen LogP contribution in [0.4, 0.5) is 5.69 Å². The second-order valence-electron chi connectivity index (χ2n) is 7.68. The van der Waals surface area contributed by atoms with Gasteiger partial charge in [-0.3, -0.25) is 4.79 Å². The summed E-state index contributed by atoms with van der Waals surface area (Å²) in [6.07, 6.45) is 0.669. The summed E-state index contributed by atoms with van der Waals surface area (Å²) in [5, 5.41) is 1.97. The minimum atomic E-state index is -3.66. The maximum atomic E-state index is 13.6. The van der Waals surface area contributed by atoms with Crippen LogP contribution in [-0.4, -0.2) is 55.8 Å². The molecule has 164 valence electrons. The first-order valence-corrected chi connectivity index (χ1v) is 12.8. The number of amides is 1. The summed E-state index contributed by atoms with van der Waals surface area (Å²) < 4.78 is 28.7. The lowest BCUT2D eigenvalue weighted by Crippen LogP contribution is -2.38. The largest absolute Gasteiger partial charge is 0.309 e. The zero-order valence-electron chi connectivity index (χ0n) is 18.2. The minimum Gasteiger partial charge on any atom is -0.309 e. The fraction of sp³-hybridized carbons (Fsp3) is 0.500. The van der Waals surface area contributed by atoms with E-state index in [1.165, 1.54) is 0 Å². The van der Waals surface area contributed by atoms with Gasteiger partial charge in [-0.15, -0.1) is 11.3 Å². The monoisotopic (exact) mass is 449 g/mol. The predicted octanol–water partition coefficient (Wildman–Crippen LogP) is 3.58. The second kappa shape index (κ2) is 9.60. The number of anilines is 1. The normalized spacial score (nSPS) is 16.5. The fourth-order valence-electron chi connectivity index (χ4n) is 4.05. The lowest BCUT2D eigenvalue weighted by Gasteiger charge is -2.26. The zero-order chi connectivity index (χ0) is 21.9. The van der Waals surface area contributed by atoms with Gasteiger partial charge < -0.3 is 9.80 Å². The summed E-state index contributed by atoms with van der Waals surface area (Å²) in [7, 11) is -3.66. The Morgan fingerprint density at radius 2 is 1.93 bits per heavy atom. The number of rotatable bonds is 9. The van der Waals surface area contributed by atoms with Crippen LogP contribution in [0.25, 0.3) is 0 Å². The van der Waals surface area contributed by atoms with E-state index in [9.17, 15) is 13.2 Å². The van der Waals surface area contributed by atoms with Gasteiger partial charge >= 0.3 is 0 Å². The Morgan fingerprint density at radius 3 is 2.53 bits per heavy atom. The average molecular weight is 450 g/mol. The van der Waals surface area contributed by atoms with Gasteiger partial charge in [0.15, 0.2) is 0 Å². The van der Waals surface area contributed by atoms with Crippen LogP contribution in [0, 0.1) is 0 Å². The van der Waals surface area contributed by atoms with E-state index in [0.29, 0.717) is 31.0 Å². The summed E-state index contributed by atoms with van der Waals surface area (Å²) >= 11 is 1.57. The molecule has 0 bridgehead atoms. The van der Waals surface area contributed by atoms with E-state index < -0.39 is 10.0 Å². The molecule has 1 aromatic carbocycles. The second-order valence-corrected chi connectivity index (χ2v) is 10.6. The lowest BCUT2D eigenvalue weighted by atomic mass is 10.1. The Morgan fingerprint density at radius 1 is 1.20 bits per heavy atom. The number of thiophene rings is 1. The van der Waals surface area contributed by atoms with Crippen LogP contribution >= 0.6 is 11.3 Å². The van der Waals surface area contributed by atoms with Gasteiger partial charge in [0.1, 0.15) is 0 Å². The van der Waals surface area contributed by atoms with Gasteiger partial charge in [-0.05, 0) is 61.6 Å².